The minimum Gasteiger partial charge on any atom is -0.382 e. The van der Waals surface area contributed by atoms with E-state index in [1.165, 1.54) is 0 Å². The van der Waals surface area contributed by atoms with E-state index in [2.05, 4.69) is 27.4 Å². The Hall–Kier alpha value is -1.66. The third-order valence-corrected chi connectivity index (χ3v) is 4.19. The summed E-state index contributed by atoms with van der Waals surface area (Å²) in [5.41, 5.74) is 0.714. The van der Waals surface area contributed by atoms with Crippen LogP contribution in [0.25, 0.3) is 0 Å². The maximum absolute atomic E-state index is 12.1. The van der Waals surface area contributed by atoms with Crippen LogP contribution >= 0.6 is 0 Å². The summed E-state index contributed by atoms with van der Waals surface area (Å²) in [6.45, 7) is 8.95. The fourth-order valence-electron chi connectivity index (χ4n) is 2.96. The zero-order valence-electron chi connectivity index (χ0n) is 14.1. The molecule has 1 fully saturated rings. The van der Waals surface area contributed by atoms with E-state index < -0.39 is 0 Å². The first kappa shape index (κ1) is 17.7. The lowest BCUT2D eigenvalue weighted by Gasteiger charge is -2.37. The summed E-state index contributed by atoms with van der Waals surface area (Å²) < 4.78 is 5.38. The van der Waals surface area contributed by atoms with E-state index in [1.54, 1.807) is 18.5 Å². The molecule has 0 spiro atoms. The summed E-state index contributed by atoms with van der Waals surface area (Å²) in [6, 6.07) is 3.70. The molecule has 1 saturated heterocycles. The highest BCUT2D eigenvalue weighted by Crippen LogP contribution is 2.17. The summed E-state index contributed by atoms with van der Waals surface area (Å²) in [6.07, 6.45) is 5.38. The van der Waals surface area contributed by atoms with E-state index in [0.29, 0.717) is 11.6 Å². The molecular weight excluding hydrogens is 292 g/mol. The molecule has 0 saturated carbocycles. The lowest BCUT2D eigenvalue weighted by Crippen LogP contribution is -2.51. The second-order valence-corrected chi connectivity index (χ2v) is 6.06. The van der Waals surface area contributed by atoms with Gasteiger partial charge in [-0.15, -0.1) is 0 Å². The van der Waals surface area contributed by atoms with Crippen LogP contribution in [0.3, 0.4) is 0 Å². The van der Waals surface area contributed by atoms with E-state index >= 15 is 0 Å². The van der Waals surface area contributed by atoms with Crippen LogP contribution in [-0.4, -0.2) is 54.8 Å². The van der Waals surface area contributed by atoms with Gasteiger partial charge in [-0.1, -0.05) is 6.92 Å². The number of rotatable bonds is 7. The fraction of sp³-hybridized carbons (Fsp3) is 0.647. The van der Waals surface area contributed by atoms with E-state index in [1.807, 2.05) is 13.0 Å². The Labute approximate surface area is 138 Å². The number of urea groups is 1. The van der Waals surface area contributed by atoms with Crippen LogP contribution < -0.4 is 10.6 Å². The van der Waals surface area contributed by atoms with Crippen LogP contribution in [0, 0.1) is 5.92 Å². The number of aromatic nitrogens is 1. The Morgan fingerprint density at radius 1 is 1.52 bits per heavy atom. The SMILES string of the molecule is CCOCCCN1CC[C@H](NC(=O)Nc2cccnc2)[C@@H](C)C1. The summed E-state index contributed by atoms with van der Waals surface area (Å²) in [5.74, 6) is 0.440. The minimum atomic E-state index is -0.153. The van der Waals surface area contributed by atoms with Crippen molar-refractivity contribution in [2.24, 2.45) is 5.92 Å². The van der Waals surface area contributed by atoms with Crippen molar-refractivity contribution in [3.63, 3.8) is 0 Å². The molecule has 1 aromatic rings. The van der Waals surface area contributed by atoms with Crippen LogP contribution in [-0.2, 0) is 4.74 Å². The number of carbonyl (C=O) groups is 1. The number of pyridine rings is 1. The topological polar surface area (TPSA) is 66.5 Å². The number of likely N-dealkylation sites (tertiary alicyclic amines) is 1. The van der Waals surface area contributed by atoms with Crippen molar-refractivity contribution in [1.29, 1.82) is 0 Å². The standard InChI is InChI=1S/C17H28N4O2/c1-3-23-11-5-9-21-10-7-16(14(2)13-21)20-17(22)19-15-6-4-8-18-12-15/h4,6,8,12,14,16H,3,5,7,9-11,13H2,1-2H3,(H2,19,20,22)/t14-,16-/m0/s1. The van der Waals surface area contributed by atoms with Gasteiger partial charge in [0.2, 0.25) is 0 Å². The van der Waals surface area contributed by atoms with E-state index in [0.717, 1.165) is 45.7 Å². The van der Waals surface area contributed by atoms with Gasteiger partial charge in [0.05, 0.1) is 11.9 Å². The maximum Gasteiger partial charge on any atom is 0.319 e. The second kappa shape index (κ2) is 9.47. The Morgan fingerprint density at radius 2 is 2.39 bits per heavy atom. The van der Waals surface area contributed by atoms with Crippen molar-refractivity contribution in [3.05, 3.63) is 24.5 Å². The van der Waals surface area contributed by atoms with E-state index in [9.17, 15) is 4.79 Å². The quantitative estimate of drug-likeness (QED) is 0.757. The maximum atomic E-state index is 12.1. The second-order valence-electron chi connectivity index (χ2n) is 6.06. The molecule has 6 nitrogen and oxygen atoms in total. The molecule has 6 heteroatoms. The molecule has 1 aliphatic heterocycles. The Bertz CT molecular complexity index is 469. The third kappa shape index (κ3) is 6.15. The van der Waals surface area contributed by atoms with Crippen molar-refractivity contribution in [2.45, 2.75) is 32.7 Å². The third-order valence-electron chi connectivity index (χ3n) is 4.19. The Balaban J connectivity index is 1.70. The van der Waals surface area contributed by atoms with Crippen molar-refractivity contribution >= 4 is 11.7 Å². The van der Waals surface area contributed by atoms with Gasteiger partial charge in [0, 0.05) is 45.1 Å². The number of carbonyl (C=O) groups excluding carboxylic acids is 1. The minimum absolute atomic E-state index is 0.153. The van der Waals surface area contributed by atoms with Gasteiger partial charge in [-0.2, -0.15) is 0 Å². The molecular formula is C17H28N4O2. The lowest BCUT2D eigenvalue weighted by molar-refractivity contribution is 0.111. The number of anilines is 1. The fourth-order valence-corrected chi connectivity index (χ4v) is 2.96. The van der Waals surface area contributed by atoms with Crippen LogP contribution in [0.1, 0.15) is 26.7 Å². The predicted octanol–water partition coefficient (Wildman–Crippen LogP) is 2.34. The molecule has 2 amide bonds. The summed E-state index contributed by atoms with van der Waals surface area (Å²) in [4.78, 5) is 18.5. The first-order valence-corrected chi connectivity index (χ1v) is 8.46. The van der Waals surface area contributed by atoms with Gasteiger partial charge >= 0.3 is 6.03 Å². The predicted molar refractivity (Wildman–Crippen MR) is 91.5 cm³/mol. The molecule has 0 bridgehead atoms. The molecule has 2 rings (SSSR count). The van der Waals surface area contributed by atoms with Gasteiger partial charge in [0.25, 0.3) is 0 Å². The zero-order chi connectivity index (χ0) is 16.5. The molecule has 1 aromatic heterocycles. The van der Waals surface area contributed by atoms with Gasteiger partial charge in [0.1, 0.15) is 0 Å². The largest absolute Gasteiger partial charge is 0.382 e. The van der Waals surface area contributed by atoms with Gasteiger partial charge in [-0.05, 0) is 37.8 Å². The number of hydrogen-bond acceptors (Lipinski definition) is 4. The van der Waals surface area contributed by atoms with Crippen molar-refractivity contribution < 1.29 is 9.53 Å². The average Bonchev–Trinajstić information content (AvgIpc) is 2.55. The average molecular weight is 320 g/mol. The van der Waals surface area contributed by atoms with Crippen LogP contribution in [0.15, 0.2) is 24.5 Å². The van der Waals surface area contributed by atoms with Crippen LogP contribution in [0.5, 0.6) is 0 Å². The molecule has 0 unspecified atom stereocenters. The summed E-state index contributed by atoms with van der Waals surface area (Å²) >= 11 is 0. The molecule has 128 valence electrons. The van der Waals surface area contributed by atoms with Gasteiger partial charge in [-0.25, -0.2) is 4.79 Å². The molecule has 0 aliphatic carbocycles. The number of hydrogen-bond donors (Lipinski definition) is 2. The molecule has 2 atom stereocenters. The molecule has 23 heavy (non-hydrogen) atoms. The monoisotopic (exact) mass is 320 g/mol. The van der Waals surface area contributed by atoms with Crippen molar-refractivity contribution in [3.8, 4) is 0 Å². The molecule has 0 aromatic carbocycles. The zero-order valence-corrected chi connectivity index (χ0v) is 14.1. The number of ether oxygens (including phenoxy) is 1. The molecule has 2 heterocycles. The first-order chi connectivity index (χ1) is 11.2. The Kier molecular flexibility index (Phi) is 7.29. The smallest absolute Gasteiger partial charge is 0.319 e. The number of piperidine rings is 1. The van der Waals surface area contributed by atoms with E-state index in [-0.39, 0.29) is 12.1 Å². The Morgan fingerprint density at radius 3 is 3.09 bits per heavy atom. The molecule has 2 N–H and O–H groups in total. The van der Waals surface area contributed by atoms with Crippen molar-refractivity contribution in [1.82, 2.24) is 15.2 Å². The molecule has 1 aliphatic rings. The first-order valence-electron chi connectivity index (χ1n) is 8.46. The summed E-state index contributed by atoms with van der Waals surface area (Å²) in [5, 5.41) is 5.91. The molecule has 0 radical (unpaired) electrons. The lowest BCUT2D eigenvalue weighted by atomic mass is 9.94. The van der Waals surface area contributed by atoms with Gasteiger partial charge < -0.3 is 20.3 Å². The summed E-state index contributed by atoms with van der Waals surface area (Å²) in [7, 11) is 0. The van der Waals surface area contributed by atoms with E-state index in [4.69, 9.17) is 4.74 Å². The van der Waals surface area contributed by atoms with Gasteiger partial charge in [0.15, 0.2) is 0 Å². The van der Waals surface area contributed by atoms with Gasteiger partial charge in [-0.3, -0.25) is 4.98 Å². The number of amides is 2. The normalized spacial score (nSPS) is 21.8. The van der Waals surface area contributed by atoms with Crippen LogP contribution in [0.2, 0.25) is 0 Å². The number of nitrogens with zero attached hydrogens (tertiary/aromatic N) is 2. The highest BCUT2D eigenvalue weighted by atomic mass is 16.5. The van der Waals surface area contributed by atoms with Crippen LogP contribution in [0.4, 0.5) is 10.5 Å². The van der Waals surface area contributed by atoms with Crippen molar-refractivity contribution in [2.75, 3.05) is 38.2 Å². The highest BCUT2D eigenvalue weighted by Gasteiger charge is 2.26. The highest BCUT2D eigenvalue weighted by molar-refractivity contribution is 5.89. The number of nitrogens with one attached hydrogen (secondary N) is 2.